The molecule has 136 valence electrons. The van der Waals surface area contributed by atoms with E-state index in [4.69, 9.17) is 0 Å². The number of aromatic nitrogens is 1. The molecule has 1 heterocycles. The summed E-state index contributed by atoms with van der Waals surface area (Å²) in [5.74, 6) is 0.443. The number of nitrogens with zero attached hydrogens (tertiary/aromatic N) is 3. The van der Waals surface area contributed by atoms with Crippen LogP contribution in [0.3, 0.4) is 0 Å². The first-order valence-electron chi connectivity index (χ1n) is 7.07. The summed E-state index contributed by atoms with van der Waals surface area (Å²) in [6, 6.07) is 9.71. The number of aryl methyl sites for hydroxylation is 2. The van der Waals surface area contributed by atoms with Crippen LogP contribution in [-0.4, -0.2) is 40.4 Å². The van der Waals surface area contributed by atoms with Gasteiger partial charge in [0.2, 0.25) is 5.91 Å². The van der Waals surface area contributed by atoms with Crippen LogP contribution in [-0.2, 0) is 4.79 Å². The number of nitrogens with one attached hydrogen (secondary N) is 1. The van der Waals surface area contributed by atoms with Gasteiger partial charge in [-0.2, -0.15) is 0 Å². The van der Waals surface area contributed by atoms with Crippen LogP contribution < -0.4 is 29.1 Å². The minimum Gasteiger partial charge on any atom is -0.870 e. The van der Waals surface area contributed by atoms with Crippen molar-refractivity contribution in [1.29, 1.82) is 0 Å². The summed E-state index contributed by atoms with van der Waals surface area (Å²) in [7, 11) is 1.67. The topological polar surface area (TPSA) is 150 Å². The maximum atomic E-state index is 12.2. The third-order valence-corrected chi connectivity index (χ3v) is 3.32. The minimum atomic E-state index is -0.464. The fraction of sp³-hybridized carbons (Fsp3) is 0.250. The predicted molar refractivity (Wildman–Crippen MR) is 94.3 cm³/mol. The number of nitro groups is 1. The molecule has 0 aliphatic carbocycles. The first kappa shape index (κ1) is 25.8. The number of benzene rings is 1. The average Bonchev–Trinajstić information content (AvgIpc) is 2.51. The van der Waals surface area contributed by atoms with Crippen LogP contribution in [0.4, 0.5) is 17.2 Å². The molecule has 1 aromatic heterocycles. The quantitative estimate of drug-likeness (QED) is 0.399. The fourth-order valence-corrected chi connectivity index (χ4v) is 2.12. The molecule has 2 aromatic rings. The zero-order chi connectivity index (χ0) is 17.0. The van der Waals surface area contributed by atoms with E-state index in [1.54, 1.807) is 19.2 Å². The Morgan fingerprint density at radius 1 is 1.23 bits per heavy atom. The van der Waals surface area contributed by atoms with Crippen LogP contribution in [0.15, 0.2) is 36.4 Å². The summed E-state index contributed by atoms with van der Waals surface area (Å²) in [6.45, 7) is 3.90. The molecule has 1 aromatic carbocycles. The van der Waals surface area contributed by atoms with E-state index in [0.29, 0.717) is 11.5 Å². The molecular formula is C16H21LiN4O5. The molecule has 9 nitrogen and oxygen atoms in total. The van der Waals surface area contributed by atoms with Gasteiger partial charge >= 0.3 is 18.9 Å². The van der Waals surface area contributed by atoms with Gasteiger partial charge in [0, 0.05) is 30.6 Å². The monoisotopic (exact) mass is 356 g/mol. The molecule has 1 amide bonds. The van der Waals surface area contributed by atoms with Crippen LogP contribution in [0.25, 0.3) is 0 Å². The number of anilines is 2. The van der Waals surface area contributed by atoms with Gasteiger partial charge in [-0.1, -0.05) is 0 Å². The van der Waals surface area contributed by atoms with E-state index >= 15 is 0 Å². The molecule has 0 saturated carbocycles. The SMILES string of the molecule is Cc1cc(C)nc(N(C)C(=O)CNc2ccc([N+](=O)[O-])cc2)c1.O.[Li+].[OH-]. The van der Waals surface area contributed by atoms with Gasteiger partial charge in [0.1, 0.15) is 5.82 Å². The van der Waals surface area contributed by atoms with E-state index in [1.807, 2.05) is 26.0 Å². The summed E-state index contributed by atoms with van der Waals surface area (Å²) < 4.78 is 0. The number of likely N-dealkylation sites (N-methyl/N-ethyl adjacent to an activating group) is 1. The summed E-state index contributed by atoms with van der Waals surface area (Å²) in [4.78, 5) is 28.2. The molecule has 0 atom stereocenters. The number of hydrogen-bond acceptors (Lipinski definition) is 6. The largest absolute Gasteiger partial charge is 1.00 e. The Morgan fingerprint density at radius 2 is 1.81 bits per heavy atom. The van der Waals surface area contributed by atoms with Crippen molar-refractivity contribution in [3.63, 3.8) is 0 Å². The third kappa shape index (κ3) is 6.82. The van der Waals surface area contributed by atoms with Crippen molar-refractivity contribution >= 4 is 23.1 Å². The maximum Gasteiger partial charge on any atom is 1.00 e. The van der Waals surface area contributed by atoms with Gasteiger partial charge in [0.05, 0.1) is 11.5 Å². The molecule has 0 aliphatic heterocycles. The molecule has 0 fully saturated rings. The van der Waals surface area contributed by atoms with Crippen LogP contribution >= 0.6 is 0 Å². The molecule has 0 aliphatic rings. The van der Waals surface area contributed by atoms with Crippen LogP contribution in [0.5, 0.6) is 0 Å². The van der Waals surface area contributed by atoms with Crippen molar-refractivity contribution in [1.82, 2.24) is 4.98 Å². The first-order chi connectivity index (χ1) is 10.9. The Labute approximate surface area is 163 Å². The number of amides is 1. The molecule has 10 heteroatoms. The molecule has 0 spiro atoms. The summed E-state index contributed by atoms with van der Waals surface area (Å²) in [6.07, 6.45) is 0. The van der Waals surface area contributed by atoms with E-state index in [9.17, 15) is 14.9 Å². The fourth-order valence-electron chi connectivity index (χ4n) is 2.12. The second kappa shape index (κ2) is 11.2. The normalized spacial score (nSPS) is 9.04. The smallest absolute Gasteiger partial charge is 0.870 e. The van der Waals surface area contributed by atoms with E-state index in [2.05, 4.69) is 10.3 Å². The van der Waals surface area contributed by atoms with Crippen LogP contribution in [0, 0.1) is 24.0 Å². The Kier molecular flexibility index (Phi) is 11.1. The zero-order valence-corrected chi connectivity index (χ0v) is 15.2. The molecule has 0 saturated heterocycles. The van der Waals surface area contributed by atoms with Crippen LogP contribution in [0.1, 0.15) is 11.3 Å². The van der Waals surface area contributed by atoms with Gasteiger partial charge in [-0.05, 0) is 43.7 Å². The number of carbonyl (C=O) groups is 1. The molecule has 0 unspecified atom stereocenters. The Bertz CT molecular complexity index is 720. The zero-order valence-electron chi connectivity index (χ0n) is 15.2. The minimum absolute atomic E-state index is 0. The van der Waals surface area contributed by atoms with Gasteiger partial charge in [-0.3, -0.25) is 19.8 Å². The van der Waals surface area contributed by atoms with Gasteiger partial charge in [-0.25, -0.2) is 4.98 Å². The van der Waals surface area contributed by atoms with Gasteiger partial charge in [0.15, 0.2) is 0 Å². The van der Waals surface area contributed by atoms with Gasteiger partial charge in [0.25, 0.3) is 5.69 Å². The third-order valence-electron chi connectivity index (χ3n) is 3.32. The summed E-state index contributed by atoms with van der Waals surface area (Å²) >= 11 is 0. The summed E-state index contributed by atoms with van der Waals surface area (Å²) in [5.41, 5.74) is 2.54. The molecule has 0 bridgehead atoms. The molecule has 2 rings (SSSR count). The molecule has 4 N–H and O–H groups in total. The van der Waals surface area contributed by atoms with Gasteiger partial charge < -0.3 is 16.3 Å². The number of non-ortho nitro benzene ring substituents is 1. The standard InChI is InChI=1S/C16H18N4O3.Li.2H2O/c1-11-8-12(2)18-15(9-11)19(3)16(21)10-17-13-4-6-14(7-5-13)20(22)23;;;/h4-9,17H,10H2,1-3H3;;2*1H2/q;+1;;/p-1. The van der Waals surface area contributed by atoms with Crippen molar-refractivity contribution in [2.75, 3.05) is 23.8 Å². The molecule has 0 radical (unpaired) electrons. The van der Waals surface area contributed by atoms with Crippen molar-refractivity contribution in [3.8, 4) is 0 Å². The summed E-state index contributed by atoms with van der Waals surface area (Å²) in [5, 5.41) is 13.5. The van der Waals surface area contributed by atoms with Crippen molar-refractivity contribution in [3.05, 3.63) is 57.8 Å². The number of nitro benzene ring substituents is 1. The van der Waals surface area contributed by atoms with Gasteiger partial charge in [-0.15, -0.1) is 0 Å². The number of hydrogen-bond donors (Lipinski definition) is 1. The Hall–Kier alpha value is -2.44. The maximum absolute atomic E-state index is 12.2. The molecule has 26 heavy (non-hydrogen) atoms. The molecular weight excluding hydrogens is 335 g/mol. The second-order valence-electron chi connectivity index (χ2n) is 5.25. The van der Waals surface area contributed by atoms with Crippen molar-refractivity contribution in [2.24, 2.45) is 0 Å². The number of rotatable bonds is 5. The van der Waals surface area contributed by atoms with E-state index in [-0.39, 0.29) is 48.0 Å². The average molecular weight is 356 g/mol. The number of pyridine rings is 1. The predicted octanol–water partition coefficient (Wildman–Crippen LogP) is -1.32. The second-order valence-corrected chi connectivity index (χ2v) is 5.25. The Balaban J connectivity index is 0. The van der Waals surface area contributed by atoms with E-state index < -0.39 is 4.92 Å². The van der Waals surface area contributed by atoms with E-state index in [1.165, 1.54) is 17.0 Å². The van der Waals surface area contributed by atoms with E-state index in [0.717, 1.165) is 11.3 Å². The van der Waals surface area contributed by atoms with Crippen LogP contribution in [0.2, 0.25) is 0 Å². The first-order valence-corrected chi connectivity index (χ1v) is 7.07. The van der Waals surface area contributed by atoms with Crippen molar-refractivity contribution in [2.45, 2.75) is 13.8 Å². The number of carbonyl (C=O) groups excluding carboxylic acids is 1. The Morgan fingerprint density at radius 3 is 2.31 bits per heavy atom. The van der Waals surface area contributed by atoms with Crippen molar-refractivity contribution < 1.29 is 39.5 Å².